The Labute approximate surface area is 165 Å². The number of rotatable bonds is 8. The van der Waals surface area contributed by atoms with Crippen LogP contribution in [0.2, 0.25) is 0 Å². The molecule has 0 spiro atoms. The van der Waals surface area contributed by atoms with Gasteiger partial charge in [0, 0.05) is 11.1 Å². The predicted molar refractivity (Wildman–Crippen MR) is 103 cm³/mol. The Morgan fingerprint density at radius 2 is 1.62 bits per heavy atom. The zero-order chi connectivity index (χ0) is 21.0. The van der Waals surface area contributed by atoms with E-state index in [4.69, 9.17) is 19.1 Å². The van der Waals surface area contributed by atoms with Crippen LogP contribution in [0.3, 0.4) is 0 Å². The molecule has 0 saturated carbocycles. The number of H-pyrrole nitrogens is 1. The van der Waals surface area contributed by atoms with Gasteiger partial charge in [0.1, 0.15) is 11.4 Å². The van der Waals surface area contributed by atoms with Gasteiger partial charge in [-0.3, -0.25) is 9.99 Å². The Morgan fingerprint density at radius 3 is 2.14 bits per heavy atom. The second-order valence-electron chi connectivity index (χ2n) is 5.64. The number of nitroso groups, excluding NO2 is 1. The molecule has 0 amide bonds. The van der Waals surface area contributed by atoms with Gasteiger partial charge in [-0.05, 0) is 36.4 Å². The van der Waals surface area contributed by atoms with E-state index in [1.165, 1.54) is 33.5 Å². The van der Waals surface area contributed by atoms with Crippen LogP contribution in [0, 0.1) is 4.91 Å². The fraction of sp³-hybridized carbons (Fsp3) is 0.176. The minimum atomic E-state index is -4.56. The SMILES string of the molecule is COc1cc(-c2nn[nH]c2-c2ccc(OP(=O)(O)N=O)cc2)cc(OC)c1OC. The molecule has 0 aliphatic rings. The minimum Gasteiger partial charge on any atom is -0.493 e. The van der Waals surface area contributed by atoms with Crippen molar-refractivity contribution in [3.05, 3.63) is 41.3 Å². The summed E-state index contributed by atoms with van der Waals surface area (Å²) in [6, 6.07) is 9.52. The van der Waals surface area contributed by atoms with Gasteiger partial charge in [0.25, 0.3) is 0 Å². The molecule has 0 fully saturated rings. The maximum absolute atomic E-state index is 11.3. The summed E-state index contributed by atoms with van der Waals surface area (Å²) in [7, 11) is -0.0232. The van der Waals surface area contributed by atoms with Crippen molar-refractivity contribution in [2.24, 2.45) is 4.95 Å². The topological polar surface area (TPSA) is 145 Å². The van der Waals surface area contributed by atoms with E-state index in [0.717, 1.165) is 0 Å². The second kappa shape index (κ2) is 8.29. The van der Waals surface area contributed by atoms with Crippen molar-refractivity contribution in [1.29, 1.82) is 0 Å². The average Bonchev–Trinajstić information content (AvgIpc) is 3.22. The number of nitrogens with one attached hydrogen (secondary N) is 1. The highest BCUT2D eigenvalue weighted by Crippen LogP contribution is 2.44. The first-order chi connectivity index (χ1) is 13.9. The molecule has 0 saturated heterocycles. The van der Waals surface area contributed by atoms with Gasteiger partial charge >= 0.3 is 7.75 Å². The third-order valence-electron chi connectivity index (χ3n) is 3.96. The Balaban J connectivity index is 2.00. The van der Waals surface area contributed by atoms with Gasteiger partial charge in [-0.1, -0.05) is 5.21 Å². The highest BCUT2D eigenvalue weighted by molar-refractivity contribution is 7.51. The number of aromatic amines is 1. The molecule has 12 heteroatoms. The Morgan fingerprint density at radius 1 is 1.00 bits per heavy atom. The Kier molecular flexibility index (Phi) is 5.81. The fourth-order valence-electron chi connectivity index (χ4n) is 2.69. The zero-order valence-electron chi connectivity index (χ0n) is 15.6. The molecule has 2 aromatic carbocycles. The number of hydrogen-bond acceptors (Lipinski definition) is 8. The van der Waals surface area contributed by atoms with Crippen LogP contribution in [0.1, 0.15) is 0 Å². The van der Waals surface area contributed by atoms with Gasteiger partial charge in [-0.2, -0.15) is 0 Å². The molecule has 0 bridgehead atoms. The summed E-state index contributed by atoms with van der Waals surface area (Å²) in [6.45, 7) is 0. The van der Waals surface area contributed by atoms with Crippen LogP contribution < -0.4 is 18.7 Å². The molecular formula is C17H17N4O7P. The van der Waals surface area contributed by atoms with E-state index in [2.05, 4.69) is 24.9 Å². The van der Waals surface area contributed by atoms with Crippen LogP contribution in [0.4, 0.5) is 0 Å². The summed E-state index contributed by atoms with van der Waals surface area (Å²) in [6.07, 6.45) is 0. The zero-order valence-corrected chi connectivity index (χ0v) is 16.5. The molecule has 152 valence electrons. The lowest BCUT2D eigenvalue weighted by Crippen LogP contribution is -1.96. The molecule has 2 N–H and O–H groups in total. The number of hydrogen-bond donors (Lipinski definition) is 2. The van der Waals surface area contributed by atoms with E-state index in [9.17, 15) is 9.47 Å². The number of benzene rings is 2. The van der Waals surface area contributed by atoms with Crippen LogP contribution in [0.25, 0.3) is 22.5 Å². The molecule has 3 aromatic rings. The van der Waals surface area contributed by atoms with E-state index in [0.29, 0.717) is 39.8 Å². The van der Waals surface area contributed by atoms with Gasteiger partial charge in [0.05, 0.1) is 32.0 Å². The van der Waals surface area contributed by atoms with Crippen LogP contribution in [-0.4, -0.2) is 41.6 Å². The van der Waals surface area contributed by atoms with Crippen LogP contribution >= 0.6 is 7.75 Å². The Bertz CT molecular complexity index is 1040. The minimum absolute atomic E-state index is 0.0148. The van der Waals surface area contributed by atoms with Crippen LogP contribution in [-0.2, 0) is 4.57 Å². The number of aromatic nitrogens is 3. The molecule has 1 unspecified atom stereocenters. The van der Waals surface area contributed by atoms with Crippen molar-refractivity contribution < 1.29 is 28.2 Å². The fourth-order valence-corrected chi connectivity index (χ4v) is 3.12. The van der Waals surface area contributed by atoms with Crippen molar-refractivity contribution in [2.75, 3.05) is 21.3 Å². The third kappa shape index (κ3) is 4.20. The first-order valence-corrected chi connectivity index (χ1v) is 9.64. The highest BCUT2D eigenvalue weighted by atomic mass is 31.2. The average molecular weight is 420 g/mol. The molecule has 1 atom stereocenters. The maximum Gasteiger partial charge on any atom is 0.541 e. The first kappa shape index (κ1) is 20.3. The van der Waals surface area contributed by atoms with Gasteiger partial charge in [0.2, 0.25) is 5.75 Å². The molecule has 11 nitrogen and oxygen atoms in total. The van der Waals surface area contributed by atoms with Crippen molar-refractivity contribution in [2.45, 2.75) is 0 Å². The monoisotopic (exact) mass is 420 g/mol. The number of ether oxygens (including phenoxy) is 3. The van der Waals surface area contributed by atoms with Gasteiger partial charge in [-0.15, -0.1) is 10.0 Å². The standard InChI is InChI=1S/C17H17N4O7P/c1-25-13-8-11(9-14(26-2)17(13)27-3)16-15(18-20-19-16)10-4-6-12(7-5-10)28-29(23,24)21-22/h4-9H,1-3H3,(H,23,24)(H,18,19,20). The van der Waals surface area contributed by atoms with Crippen LogP contribution in [0.5, 0.6) is 23.0 Å². The van der Waals surface area contributed by atoms with E-state index in [-0.39, 0.29) is 5.75 Å². The summed E-state index contributed by atoms with van der Waals surface area (Å²) in [5.74, 6) is 1.38. The lowest BCUT2D eigenvalue weighted by atomic mass is 10.0. The number of nitrogens with zero attached hydrogens (tertiary/aromatic N) is 3. The summed E-state index contributed by atoms with van der Waals surface area (Å²) in [5.41, 5.74) is 2.42. The van der Waals surface area contributed by atoms with Crippen molar-refractivity contribution in [3.63, 3.8) is 0 Å². The van der Waals surface area contributed by atoms with E-state index in [1.807, 2.05) is 0 Å². The van der Waals surface area contributed by atoms with E-state index >= 15 is 0 Å². The normalized spacial score (nSPS) is 12.7. The lowest BCUT2D eigenvalue weighted by Gasteiger charge is -2.13. The quantitative estimate of drug-likeness (QED) is 0.413. The summed E-state index contributed by atoms with van der Waals surface area (Å²) >= 11 is 0. The third-order valence-corrected chi connectivity index (χ3v) is 4.61. The first-order valence-electron chi connectivity index (χ1n) is 8.11. The van der Waals surface area contributed by atoms with Gasteiger partial charge in [-0.25, -0.2) is 4.57 Å². The number of methoxy groups -OCH3 is 3. The smallest absolute Gasteiger partial charge is 0.493 e. The lowest BCUT2D eigenvalue weighted by molar-refractivity contribution is 0.324. The van der Waals surface area contributed by atoms with Crippen molar-refractivity contribution in [3.8, 4) is 45.5 Å². The predicted octanol–water partition coefficient (Wildman–Crippen LogP) is 3.41. The molecule has 0 radical (unpaired) electrons. The molecular weight excluding hydrogens is 403 g/mol. The highest BCUT2D eigenvalue weighted by Gasteiger charge is 2.22. The summed E-state index contributed by atoms with van der Waals surface area (Å²) in [4.78, 5) is 21.5. The van der Waals surface area contributed by atoms with Crippen LogP contribution in [0.15, 0.2) is 41.3 Å². The van der Waals surface area contributed by atoms with E-state index < -0.39 is 7.75 Å². The molecule has 29 heavy (non-hydrogen) atoms. The molecule has 1 heterocycles. The Hall–Kier alpha value is -3.43. The molecule has 3 rings (SSSR count). The summed E-state index contributed by atoms with van der Waals surface area (Å²) in [5, 5.41) is 10.8. The second-order valence-corrected chi connectivity index (χ2v) is 6.96. The van der Waals surface area contributed by atoms with Gasteiger partial charge < -0.3 is 18.7 Å². The van der Waals surface area contributed by atoms with Gasteiger partial charge in [0.15, 0.2) is 11.5 Å². The van der Waals surface area contributed by atoms with E-state index in [1.54, 1.807) is 24.3 Å². The maximum atomic E-state index is 11.3. The molecule has 0 aliphatic heterocycles. The van der Waals surface area contributed by atoms with Crippen molar-refractivity contribution in [1.82, 2.24) is 15.4 Å². The van der Waals surface area contributed by atoms with Crippen molar-refractivity contribution >= 4 is 7.75 Å². The molecule has 0 aliphatic carbocycles. The largest absolute Gasteiger partial charge is 0.541 e. The molecule has 1 aromatic heterocycles. The summed E-state index contributed by atoms with van der Waals surface area (Å²) < 4.78 is 32.0.